The number of halogens is 5. The first-order chi connectivity index (χ1) is 17.5. The Hall–Kier alpha value is -2.66. The Labute approximate surface area is 217 Å². The van der Waals surface area contributed by atoms with Crippen LogP contribution in [0.3, 0.4) is 0 Å². The summed E-state index contributed by atoms with van der Waals surface area (Å²) in [5.74, 6) is -1.31. The molecule has 11 heteroatoms. The summed E-state index contributed by atoms with van der Waals surface area (Å²) in [6, 6.07) is 10.9. The van der Waals surface area contributed by atoms with E-state index in [4.69, 9.17) is 0 Å². The number of hydrogen-bond donors (Lipinski definition) is 0. The molecule has 0 radical (unpaired) electrons. The highest BCUT2D eigenvalue weighted by atomic mass is 32.2. The molecule has 0 saturated carbocycles. The molecule has 1 amide bonds. The van der Waals surface area contributed by atoms with Gasteiger partial charge in [-0.05, 0) is 88.0 Å². The van der Waals surface area contributed by atoms with Gasteiger partial charge in [-0.2, -0.15) is 13.2 Å². The number of carbonyl (C=O) groups excluding carboxylic acids is 1. The number of fused-ring (bicyclic) bond motifs is 1. The van der Waals surface area contributed by atoms with Crippen LogP contribution in [0.2, 0.25) is 0 Å². The molecule has 0 bridgehead atoms. The predicted octanol–water partition coefficient (Wildman–Crippen LogP) is 6.29. The van der Waals surface area contributed by atoms with Gasteiger partial charge >= 0.3 is 6.18 Å². The number of pyridine rings is 1. The lowest BCUT2D eigenvalue weighted by Gasteiger charge is -2.44. The summed E-state index contributed by atoms with van der Waals surface area (Å²) in [5.41, 5.74) is 1.08. The highest BCUT2D eigenvalue weighted by molar-refractivity contribution is 7.93. The van der Waals surface area contributed by atoms with Gasteiger partial charge in [-0.25, -0.2) is 8.36 Å². The van der Waals surface area contributed by atoms with E-state index >= 15 is 0 Å². The van der Waals surface area contributed by atoms with E-state index in [9.17, 15) is 26.2 Å². The summed E-state index contributed by atoms with van der Waals surface area (Å²) < 4.78 is 68.7. The molecule has 3 aromatic rings. The normalized spacial score (nSPS) is 15.9. The largest absolute Gasteiger partial charge is 0.406 e. The minimum absolute atomic E-state index is 0.0809. The first kappa shape index (κ1) is 27.4. The van der Waals surface area contributed by atoms with Gasteiger partial charge < -0.3 is 4.90 Å². The van der Waals surface area contributed by atoms with Crippen molar-refractivity contribution < 1.29 is 26.2 Å². The lowest BCUT2D eigenvalue weighted by Crippen LogP contribution is -2.51. The molecule has 2 aromatic heterocycles. The molecule has 0 N–H and O–H groups in total. The second-order valence-corrected chi connectivity index (χ2v) is 10.7. The molecule has 3 heterocycles. The maximum Gasteiger partial charge on any atom is 0.406 e. The maximum atomic E-state index is 13.7. The van der Waals surface area contributed by atoms with Gasteiger partial charge in [0.15, 0.2) is 12.3 Å². The van der Waals surface area contributed by atoms with Gasteiger partial charge in [0.25, 0.3) is 5.91 Å². The smallest absolute Gasteiger partial charge is 0.328 e. The van der Waals surface area contributed by atoms with Crippen molar-refractivity contribution in [1.82, 2.24) is 18.8 Å². The molecule has 200 valence electrons. The minimum Gasteiger partial charge on any atom is -0.328 e. The fourth-order valence-corrected chi connectivity index (χ4v) is 5.56. The molecule has 0 atom stereocenters. The van der Waals surface area contributed by atoms with Crippen molar-refractivity contribution in [2.45, 2.75) is 44.8 Å². The van der Waals surface area contributed by atoms with Crippen LogP contribution < -0.4 is 0 Å². The van der Waals surface area contributed by atoms with E-state index in [-0.39, 0.29) is 41.8 Å². The van der Waals surface area contributed by atoms with E-state index in [1.807, 2.05) is 6.07 Å². The quantitative estimate of drug-likeness (QED) is 0.315. The standard InChI is InChI=1S/C26H29F5N4OS/c1-25(2,15-19-5-3-6-20(27)13-19)34-11-8-18(9-12-34)16-33(17-26(28,29)30)24(36)23-14-21-22(35(23)37-31)7-4-10-32-21/h3-7,10,13-14,18H,8-9,11-12,15-17H2,1-2H3. The molecule has 4 rings (SSSR count). The summed E-state index contributed by atoms with van der Waals surface area (Å²) in [4.78, 5) is 20.4. The van der Waals surface area contributed by atoms with E-state index in [2.05, 4.69) is 23.7 Å². The molecule has 5 nitrogen and oxygen atoms in total. The second kappa shape index (κ2) is 11.0. The van der Waals surface area contributed by atoms with Gasteiger partial charge in [0, 0.05) is 18.3 Å². The molecule has 1 aliphatic rings. The number of amides is 1. The Bertz CT molecular complexity index is 1240. The Balaban J connectivity index is 1.46. The number of carbonyl (C=O) groups is 1. The van der Waals surface area contributed by atoms with Crippen LogP contribution in [0, 0.1) is 11.7 Å². The van der Waals surface area contributed by atoms with Crippen LogP contribution in [-0.2, 0) is 6.42 Å². The zero-order valence-electron chi connectivity index (χ0n) is 20.6. The lowest BCUT2D eigenvalue weighted by atomic mass is 9.88. The molecule has 1 saturated heterocycles. The zero-order valence-corrected chi connectivity index (χ0v) is 21.5. The summed E-state index contributed by atoms with van der Waals surface area (Å²) in [6.45, 7) is 3.93. The monoisotopic (exact) mass is 540 g/mol. The number of hydrogen-bond acceptors (Lipinski definition) is 4. The highest BCUT2D eigenvalue weighted by Crippen LogP contribution is 2.30. The van der Waals surface area contributed by atoms with E-state index < -0.39 is 18.6 Å². The topological polar surface area (TPSA) is 41.4 Å². The first-order valence-corrected chi connectivity index (χ1v) is 12.8. The van der Waals surface area contributed by atoms with Gasteiger partial charge in [0.05, 0.1) is 11.0 Å². The summed E-state index contributed by atoms with van der Waals surface area (Å²) in [5, 5.41) is 0. The third kappa shape index (κ3) is 6.62. The first-order valence-electron chi connectivity index (χ1n) is 12.1. The number of likely N-dealkylation sites (tertiary alicyclic amines) is 1. The molecular formula is C26H29F5N4OS. The van der Waals surface area contributed by atoms with E-state index in [0.717, 1.165) is 14.4 Å². The average molecular weight is 541 g/mol. The fourth-order valence-electron chi connectivity index (χ4n) is 5.12. The number of benzene rings is 1. The second-order valence-electron chi connectivity index (χ2n) is 10.2. The van der Waals surface area contributed by atoms with Crippen LogP contribution in [0.25, 0.3) is 11.0 Å². The number of rotatable bonds is 8. The Kier molecular flexibility index (Phi) is 8.13. The van der Waals surface area contributed by atoms with E-state index in [0.29, 0.717) is 43.4 Å². The van der Waals surface area contributed by atoms with Gasteiger partial charge in [0.2, 0.25) is 0 Å². The number of aromatic nitrogens is 2. The third-order valence-electron chi connectivity index (χ3n) is 6.95. The van der Waals surface area contributed by atoms with E-state index in [1.54, 1.807) is 18.2 Å². The number of nitrogens with zero attached hydrogens (tertiary/aromatic N) is 4. The van der Waals surface area contributed by atoms with Crippen molar-refractivity contribution in [2.75, 3.05) is 26.2 Å². The summed E-state index contributed by atoms with van der Waals surface area (Å²) in [7, 11) is 0. The van der Waals surface area contributed by atoms with Crippen molar-refractivity contribution in [3.05, 3.63) is 65.7 Å². The molecule has 0 unspecified atom stereocenters. The van der Waals surface area contributed by atoms with Gasteiger partial charge in [-0.1, -0.05) is 12.1 Å². The summed E-state index contributed by atoms with van der Waals surface area (Å²) >= 11 is -0.236. The van der Waals surface area contributed by atoms with Crippen LogP contribution in [0.15, 0.2) is 48.7 Å². The molecule has 1 fully saturated rings. The van der Waals surface area contributed by atoms with Crippen LogP contribution in [0.4, 0.5) is 21.4 Å². The van der Waals surface area contributed by atoms with Crippen molar-refractivity contribution in [3.8, 4) is 0 Å². The molecule has 37 heavy (non-hydrogen) atoms. The predicted molar refractivity (Wildman–Crippen MR) is 134 cm³/mol. The molecular weight excluding hydrogens is 511 g/mol. The van der Waals surface area contributed by atoms with Crippen LogP contribution in [0.1, 0.15) is 42.7 Å². The Morgan fingerprint density at radius 3 is 2.51 bits per heavy atom. The number of alkyl halides is 3. The van der Waals surface area contributed by atoms with Crippen molar-refractivity contribution in [2.24, 2.45) is 5.92 Å². The molecule has 0 spiro atoms. The summed E-state index contributed by atoms with van der Waals surface area (Å²) in [6.07, 6.45) is -1.27. The number of piperidine rings is 1. The van der Waals surface area contributed by atoms with Gasteiger partial charge in [0.1, 0.15) is 18.1 Å². The van der Waals surface area contributed by atoms with Gasteiger partial charge in [-0.15, -0.1) is 3.89 Å². The maximum absolute atomic E-state index is 13.7. The Morgan fingerprint density at radius 1 is 1.14 bits per heavy atom. The SMILES string of the molecule is CC(C)(Cc1cccc(F)c1)N1CCC(CN(CC(F)(F)F)C(=O)c2cc3ncccc3n2SF)CC1. The van der Waals surface area contributed by atoms with Crippen LogP contribution >= 0.6 is 12.3 Å². The van der Waals surface area contributed by atoms with Crippen molar-refractivity contribution in [1.29, 1.82) is 0 Å². The van der Waals surface area contributed by atoms with Crippen molar-refractivity contribution >= 4 is 29.3 Å². The van der Waals surface area contributed by atoms with Crippen LogP contribution in [-0.4, -0.2) is 62.6 Å². The Morgan fingerprint density at radius 2 is 1.86 bits per heavy atom. The molecule has 0 aliphatic carbocycles. The average Bonchev–Trinajstić information content (AvgIpc) is 3.21. The molecule has 1 aromatic carbocycles. The zero-order chi connectivity index (χ0) is 26.8. The fraction of sp³-hybridized carbons (Fsp3) is 0.462. The highest BCUT2D eigenvalue weighted by Gasteiger charge is 2.37. The third-order valence-corrected chi connectivity index (χ3v) is 7.48. The van der Waals surface area contributed by atoms with Crippen molar-refractivity contribution in [3.63, 3.8) is 0 Å². The van der Waals surface area contributed by atoms with Crippen LogP contribution in [0.5, 0.6) is 0 Å². The van der Waals surface area contributed by atoms with E-state index in [1.165, 1.54) is 24.4 Å². The lowest BCUT2D eigenvalue weighted by molar-refractivity contribution is -0.142. The molecule has 1 aliphatic heterocycles. The van der Waals surface area contributed by atoms with Gasteiger partial charge in [-0.3, -0.25) is 14.7 Å². The minimum atomic E-state index is -4.60.